The third-order valence-corrected chi connectivity index (χ3v) is 2.20. The van der Waals surface area contributed by atoms with Crippen LogP contribution in [0.5, 0.6) is 5.75 Å². The minimum Gasteiger partial charge on any atom is -0.494 e. The van der Waals surface area contributed by atoms with Crippen LogP contribution in [0.2, 0.25) is 0 Å². The Morgan fingerprint density at radius 3 is 2.53 bits per heavy atom. The molecule has 0 aliphatic carbocycles. The molecule has 0 saturated heterocycles. The first-order valence-corrected chi connectivity index (χ1v) is 5.39. The van der Waals surface area contributed by atoms with Crippen molar-refractivity contribution in [2.75, 3.05) is 28.3 Å². The fourth-order valence-corrected chi connectivity index (χ4v) is 1.35. The monoisotopic (exact) mass is 261 g/mol. The maximum absolute atomic E-state index is 11.5. The number of nitrogens with zero attached hydrogens (tertiary/aromatic N) is 3. The summed E-state index contributed by atoms with van der Waals surface area (Å²) < 4.78 is 9.83. The molecule has 0 aromatic heterocycles. The summed E-state index contributed by atoms with van der Waals surface area (Å²) in [5.74, 6) is 2.32. The van der Waals surface area contributed by atoms with E-state index in [1.807, 2.05) is 0 Å². The summed E-state index contributed by atoms with van der Waals surface area (Å²) in [5.41, 5.74) is 1.10. The highest BCUT2D eigenvalue weighted by Crippen LogP contribution is 2.33. The summed E-state index contributed by atoms with van der Waals surface area (Å²) in [6.07, 6.45) is 5.42. The van der Waals surface area contributed by atoms with E-state index >= 15 is 0 Å². The lowest BCUT2D eigenvalue weighted by molar-refractivity contribution is 0.0600. The van der Waals surface area contributed by atoms with Crippen molar-refractivity contribution in [2.45, 2.75) is 0 Å². The lowest BCUT2D eigenvalue weighted by atomic mass is 10.1. The molecule has 0 aliphatic rings. The molecule has 0 N–H and O–H groups in total. The number of terminal acetylenes is 1. The van der Waals surface area contributed by atoms with Crippen molar-refractivity contribution in [1.82, 2.24) is 5.01 Å². The number of carbonyl (C=O) groups excluding carboxylic acids is 1. The van der Waals surface area contributed by atoms with Gasteiger partial charge in [0.05, 0.1) is 25.3 Å². The summed E-state index contributed by atoms with van der Waals surface area (Å²) in [5, 5.41) is 9.40. The predicted octanol–water partition coefficient (Wildman–Crippen LogP) is 2.02. The molecule has 0 atom stereocenters. The van der Waals surface area contributed by atoms with E-state index < -0.39 is 5.97 Å². The lowest BCUT2D eigenvalue weighted by Crippen LogP contribution is -2.03. The van der Waals surface area contributed by atoms with Gasteiger partial charge in [-0.05, 0) is 12.1 Å². The molecule has 100 valence electrons. The molecule has 0 amide bonds. The summed E-state index contributed by atoms with van der Waals surface area (Å²) in [4.78, 5) is 11.5. The van der Waals surface area contributed by atoms with Gasteiger partial charge in [0.1, 0.15) is 11.4 Å². The Bertz CT molecular complexity index is 545. The van der Waals surface area contributed by atoms with Crippen molar-refractivity contribution < 1.29 is 14.3 Å². The largest absolute Gasteiger partial charge is 0.494 e. The summed E-state index contributed by atoms with van der Waals surface area (Å²) in [7, 11) is 6.22. The molecule has 1 rings (SSSR count). The molecule has 0 fully saturated rings. The van der Waals surface area contributed by atoms with Crippen LogP contribution < -0.4 is 4.74 Å². The van der Waals surface area contributed by atoms with Crippen molar-refractivity contribution in [3.8, 4) is 18.1 Å². The van der Waals surface area contributed by atoms with E-state index in [2.05, 4.69) is 21.0 Å². The van der Waals surface area contributed by atoms with Crippen LogP contribution in [0.4, 0.5) is 5.69 Å². The van der Waals surface area contributed by atoms with Crippen LogP contribution >= 0.6 is 0 Å². The number of hydrogen-bond acceptors (Lipinski definition) is 5. The van der Waals surface area contributed by atoms with Gasteiger partial charge in [0.25, 0.3) is 0 Å². The third-order valence-electron chi connectivity index (χ3n) is 2.20. The zero-order valence-electron chi connectivity index (χ0n) is 11.3. The highest BCUT2D eigenvalue weighted by molar-refractivity contribution is 5.91. The second-order valence-corrected chi connectivity index (χ2v) is 3.75. The Kier molecular flexibility index (Phi) is 4.89. The fraction of sp³-hybridized carbons (Fsp3) is 0.308. The first-order valence-electron chi connectivity index (χ1n) is 5.39. The zero-order valence-corrected chi connectivity index (χ0v) is 11.3. The number of benzene rings is 1. The number of ether oxygens (including phenoxy) is 2. The van der Waals surface area contributed by atoms with Crippen LogP contribution in [0.1, 0.15) is 15.9 Å². The van der Waals surface area contributed by atoms with Crippen LogP contribution in [0.3, 0.4) is 0 Å². The van der Waals surface area contributed by atoms with Gasteiger partial charge in [-0.1, -0.05) is 11.1 Å². The minimum atomic E-state index is -0.495. The molecular formula is C13H15N3O3. The molecule has 6 nitrogen and oxygen atoms in total. The van der Waals surface area contributed by atoms with Gasteiger partial charge in [-0.15, -0.1) is 11.5 Å². The number of esters is 1. The Labute approximate surface area is 112 Å². The predicted molar refractivity (Wildman–Crippen MR) is 70.5 cm³/mol. The van der Waals surface area contributed by atoms with E-state index in [4.69, 9.17) is 11.2 Å². The minimum absolute atomic E-state index is 0.302. The first-order chi connectivity index (χ1) is 9.03. The smallest absolute Gasteiger partial charge is 0.338 e. The van der Waals surface area contributed by atoms with Gasteiger partial charge in [0.2, 0.25) is 0 Å². The van der Waals surface area contributed by atoms with Crippen LogP contribution in [0.15, 0.2) is 22.5 Å². The summed E-state index contributed by atoms with van der Waals surface area (Å²) in [6, 6.07) is 3.02. The van der Waals surface area contributed by atoms with E-state index in [0.717, 1.165) is 0 Å². The first kappa shape index (κ1) is 14.5. The topological polar surface area (TPSA) is 63.5 Å². The van der Waals surface area contributed by atoms with Crippen LogP contribution in [-0.4, -0.2) is 39.3 Å². The molecule has 0 unspecified atom stereocenters. The standard InChI is InChI=1S/C13H15N3O3/c1-6-9-7-10(13(17)19-5)8-11(18-4)12(9)14-15-16(2)3/h1,7-8H,2-5H3/b15-14+. The molecule has 19 heavy (non-hydrogen) atoms. The average molecular weight is 261 g/mol. The van der Waals surface area contributed by atoms with Gasteiger partial charge < -0.3 is 9.47 Å². The number of methoxy groups -OCH3 is 2. The van der Waals surface area contributed by atoms with Crippen molar-refractivity contribution in [2.24, 2.45) is 10.3 Å². The maximum Gasteiger partial charge on any atom is 0.338 e. The molecule has 0 aliphatic heterocycles. The van der Waals surface area contributed by atoms with Crippen molar-refractivity contribution in [3.05, 3.63) is 23.3 Å². The highest BCUT2D eigenvalue weighted by atomic mass is 16.5. The Hall–Kier alpha value is -2.55. The van der Waals surface area contributed by atoms with Crippen molar-refractivity contribution in [3.63, 3.8) is 0 Å². The van der Waals surface area contributed by atoms with Crippen LogP contribution in [-0.2, 0) is 4.74 Å². The van der Waals surface area contributed by atoms with E-state index in [1.54, 1.807) is 14.1 Å². The normalized spacial score (nSPS) is 10.1. The molecule has 0 heterocycles. The van der Waals surface area contributed by atoms with Gasteiger partial charge in [-0.2, -0.15) is 0 Å². The Morgan fingerprint density at radius 1 is 1.37 bits per heavy atom. The average Bonchev–Trinajstić information content (AvgIpc) is 2.42. The molecule has 0 saturated carbocycles. The molecule has 1 aromatic rings. The highest BCUT2D eigenvalue weighted by Gasteiger charge is 2.15. The molecular weight excluding hydrogens is 246 g/mol. The Balaban J connectivity index is 3.39. The quantitative estimate of drug-likeness (QED) is 0.360. The van der Waals surface area contributed by atoms with Gasteiger partial charge in [-0.25, -0.2) is 4.79 Å². The van der Waals surface area contributed by atoms with Crippen molar-refractivity contribution in [1.29, 1.82) is 0 Å². The number of rotatable bonds is 4. The molecule has 0 bridgehead atoms. The second kappa shape index (κ2) is 6.40. The number of hydrogen-bond donors (Lipinski definition) is 0. The zero-order chi connectivity index (χ0) is 14.4. The third kappa shape index (κ3) is 3.45. The fourth-order valence-electron chi connectivity index (χ4n) is 1.35. The van der Waals surface area contributed by atoms with Crippen molar-refractivity contribution >= 4 is 11.7 Å². The van der Waals surface area contributed by atoms with E-state index in [1.165, 1.54) is 31.4 Å². The SMILES string of the molecule is C#Cc1cc(C(=O)OC)cc(OC)c1/N=N/N(C)C. The lowest BCUT2D eigenvalue weighted by Gasteiger charge is -2.09. The Morgan fingerprint density at radius 2 is 2.05 bits per heavy atom. The molecule has 0 spiro atoms. The van der Waals surface area contributed by atoms with Crippen LogP contribution in [0.25, 0.3) is 0 Å². The second-order valence-electron chi connectivity index (χ2n) is 3.75. The molecule has 1 aromatic carbocycles. The molecule has 6 heteroatoms. The van der Waals surface area contributed by atoms with E-state index in [-0.39, 0.29) is 0 Å². The number of carbonyl (C=O) groups is 1. The van der Waals surface area contributed by atoms with E-state index in [9.17, 15) is 4.79 Å². The summed E-state index contributed by atoms with van der Waals surface area (Å²) >= 11 is 0. The summed E-state index contributed by atoms with van der Waals surface area (Å²) in [6.45, 7) is 0. The van der Waals surface area contributed by atoms with Gasteiger partial charge in [0.15, 0.2) is 0 Å². The van der Waals surface area contributed by atoms with Crippen LogP contribution in [0, 0.1) is 12.3 Å². The van der Waals surface area contributed by atoms with Gasteiger partial charge in [0, 0.05) is 14.1 Å². The maximum atomic E-state index is 11.5. The van der Waals surface area contributed by atoms with Gasteiger partial charge >= 0.3 is 5.97 Å². The molecule has 0 radical (unpaired) electrons. The van der Waals surface area contributed by atoms with Gasteiger partial charge in [-0.3, -0.25) is 5.01 Å². The van der Waals surface area contributed by atoms with E-state index in [0.29, 0.717) is 22.6 Å².